The Morgan fingerprint density at radius 2 is 2.00 bits per heavy atom. The van der Waals surface area contributed by atoms with Crippen LogP contribution in [-0.2, 0) is 4.74 Å². The van der Waals surface area contributed by atoms with Gasteiger partial charge in [-0.2, -0.15) is 0 Å². The lowest BCUT2D eigenvalue weighted by atomic mass is 9.98. The SMILES string of the molecule is C=C(/C=C(\N=C/N)N1C[C@H](F)[C@@H](F)C1)C(=C)c1cc(OCCOC)ccc1NN. The molecule has 1 aliphatic rings. The standard InChI is InChI=1S/C20H27F2N5O2/c1-13(8-20(25-12-23)27-10-17(21)18(22)11-27)14(2)16-9-15(29-7-6-28-3)4-5-19(16)26-24/h4-5,8-9,12,17-18,26H,1-2,6-7,10-11,24H2,3H3,(H2,23,25)/b20-8+/t17-,18-/m0/s1. The van der Waals surface area contributed by atoms with Crippen LogP contribution in [0, 0.1) is 0 Å². The lowest BCUT2D eigenvalue weighted by Crippen LogP contribution is -2.20. The molecule has 2 atom stereocenters. The number of likely N-dealkylation sites (tertiary alicyclic amines) is 1. The number of ether oxygens (including phenoxy) is 2. The van der Waals surface area contributed by atoms with Crippen molar-refractivity contribution in [3.05, 3.63) is 54.4 Å². The Hall–Kier alpha value is -2.91. The number of hydrogen-bond donors (Lipinski definition) is 3. The highest BCUT2D eigenvalue weighted by Crippen LogP contribution is 2.32. The molecule has 0 saturated carbocycles. The van der Waals surface area contributed by atoms with Gasteiger partial charge >= 0.3 is 0 Å². The quantitative estimate of drug-likeness (QED) is 0.138. The van der Waals surface area contributed by atoms with Crippen molar-refractivity contribution in [1.29, 1.82) is 0 Å². The number of benzene rings is 1. The first-order chi connectivity index (χ1) is 13.9. The van der Waals surface area contributed by atoms with Gasteiger partial charge in [-0.25, -0.2) is 13.8 Å². The van der Waals surface area contributed by atoms with Crippen LogP contribution in [0.1, 0.15) is 5.56 Å². The Labute approximate surface area is 169 Å². The van der Waals surface area contributed by atoms with Gasteiger partial charge in [0.1, 0.15) is 18.2 Å². The van der Waals surface area contributed by atoms with Crippen LogP contribution in [0.4, 0.5) is 14.5 Å². The highest BCUT2D eigenvalue weighted by molar-refractivity contribution is 5.86. The van der Waals surface area contributed by atoms with E-state index in [0.717, 1.165) is 6.34 Å². The van der Waals surface area contributed by atoms with Crippen LogP contribution in [-0.4, -0.2) is 57.0 Å². The van der Waals surface area contributed by atoms with E-state index >= 15 is 0 Å². The van der Waals surface area contributed by atoms with E-state index in [1.54, 1.807) is 31.4 Å². The van der Waals surface area contributed by atoms with Gasteiger partial charge < -0.3 is 25.5 Å². The number of methoxy groups -OCH3 is 1. The third kappa shape index (κ3) is 5.78. The highest BCUT2D eigenvalue weighted by Gasteiger charge is 2.33. The number of rotatable bonds is 10. The molecule has 158 valence electrons. The summed E-state index contributed by atoms with van der Waals surface area (Å²) in [5, 5.41) is 0. The molecule has 0 radical (unpaired) electrons. The van der Waals surface area contributed by atoms with Crippen molar-refractivity contribution in [2.75, 3.05) is 38.8 Å². The Bertz CT molecular complexity index is 787. The molecule has 29 heavy (non-hydrogen) atoms. The molecular weight excluding hydrogens is 380 g/mol. The summed E-state index contributed by atoms with van der Waals surface area (Å²) in [5.74, 6) is 6.52. The Morgan fingerprint density at radius 1 is 1.31 bits per heavy atom. The van der Waals surface area contributed by atoms with Gasteiger partial charge in [-0.05, 0) is 35.4 Å². The molecule has 5 N–H and O–H groups in total. The van der Waals surface area contributed by atoms with Gasteiger partial charge in [0.2, 0.25) is 0 Å². The summed E-state index contributed by atoms with van der Waals surface area (Å²) in [6.45, 7) is 8.70. The van der Waals surface area contributed by atoms with Gasteiger partial charge in [0.25, 0.3) is 0 Å². The monoisotopic (exact) mass is 407 g/mol. The lowest BCUT2D eigenvalue weighted by molar-refractivity contribution is 0.146. The van der Waals surface area contributed by atoms with E-state index in [1.807, 2.05) is 0 Å². The van der Waals surface area contributed by atoms with Crippen LogP contribution >= 0.6 is 0 Å². The number of alkyl halides is 2. The number of halogens is 2. The summed E-state index contributed by atoms with van der Waals surface area (Å²) >= 11 is 0. The van der Waals surface area contributed by atoms with Crippen molar-refractivity contribution in [3.8, 4) is 5.75 Å². The first kappa shape index (κ1) is 22.4. The number of hydrazine groups is 1. The fourth-order valence-corrected chi connectivity index (χ4v) is 2.85. The molecular formula is C20H27F2N5O2. The Balaban J connectivity index is 2.26. The zero-order chi connectivity index (χ0) is 21.4. The Morgan fingerprint density at radius 3 is 2.59 bits per heavy atom. The molecule has 0 unspecified atom stereocenters. The van der Waals surface area contributed by atoms with Crippen molar-refractivity contribution in [2.45, 2.75) is 12.3 Å². The molecule has 0 bridgehead atoms. The first-order valence-corrected chi connectivity index (χ1v) is 9.01. The van der Waals surface area contributed by atoms with E-state index in [1.165, 1.54) is 4.90 Å². The van der Waals surface area contributed by atoms with Crippen LogP contribution in [0.2, 0.25) is 0 Å². The molecule has 0 aliphatic carbocycles. The van der Waals surface area contributed by atoms with Crippen LogP contribution in [0.15, 0.2) is 53.8 Å². The molecule has 1 fully saturated rings. The number of nitrogen functional groups attached to an aromatic ring is 1. The first-order valence-electron chi connectivity index (χ1n) is 9.01. The van der Waals surface area contributed by atoms with Crippen molar-refractivity contribution >= 4 is 17.6 Å². The minimum absolute atomic E-state index is 0.109. The number of nitrogens with zero attached hydrogens (tertiary/aromatic N) is 2. The van der Waals surface area contributed by atoms with E-state index < -0.39 is 12.3 Å². The van der Waals surface area contributed by atoms with E-state index in [4.69, 9.17) is 21.1 Å². The highest BCUT2D eigenvalue weighted by atomic mass is 19.2. The topological polar surface area (TPSA) is 98.1 Å². The summed E-state index contributed by atoms with van der Waals surface area (Å²) < 4.78 is 37.8. The van der Waals surface area contributed by atoms with Crippen molar-refractivity contribution < 1.29 is 18.3 Å². The molecule has 2 rings (SSSR count). The average molecular weight is 407 g/mol. The van der Waals surface area contributed by atoms with Crippen LogP contribution in [0.25, 0.3) is 5.57 Å². The van der Waals surface area contributed by atoms with Crippen LogP contribution in [0.5, 0.6) is 5.75 Å². The van der Waals surface area contributed by atoms with Gasteiger partial charge in [0.05, 0.1) is 31.7 Å². The third-order valence-corrected chi connectivity index (χ3v) is 4.43. The van der Waals surface area contributed by atoms with Crippen molar-refractivity contribution in [1.82, 2.24) is 4.90 Å². The zero-order valence-corrected chi connectivity index (χ0v) is 16.4. The predicted molar refractivity (Wildman–Crippen MR) is 112 cm³/mol. The second-order valence-corrected chi connectivity index (χ2v) is 6.41. The number of nitrogens with one attached hydrogen (secondary N) is 1. The summed E-state index contributed by atoms with van der Waals surface area (Å²) in [4.78, 5) is 5.50. The third-order valence-electron chi connectivity index (χ3n) is 4.43. The molecule has 0 amide bonds. The lowest BCUT2D eigenvalue weighted by Gasteiger charge is -2.19. The van der Waals surface area contributed by atoms with Crippen molar-refractivity contribution in [2.24, 2.45) is 16.6 Å². The van der Waals surface area contributed by atoms with Crippen LogP contribution in [0.3, 0.4) is 0 Å². The maximum absolute atomic E-state index is 13.6. The van der Waals surface area contributed by atoms with Gasteiger partial charge in [0.15, 0.2) is 12.3 Å². The summed E-state index contributed by atoms with van der Waals surface area (Å²) in [6.07, 6.45) is -0.499. The van der Waals surface area contributed by atoms with Gasteiger partial charge in [0, 0.05) is 12.7 Å². The number of hydrogen-bond acceptors (Lipinski definition) is 6. The van der Waals surface area contributed by atoms with E-state index in [2.05, 4.69) is 23.6 Å². The van der Waals surface area contributed by atoms with Gasteiger partial charge in [-0.1, -0.05) is 13.2 Å². The summed E-state index contributed by atoms with van der Waals surface area (Å²) in [6, 6.07) is 5.28. The summed E-state index contributed by atoms with van der Waals surface area (Å²) in [7, 11) is 1.59. The molecule has 0 spiro atoms. The molecule has 7 nitrogen and oxygen atoms in total. The minimum atomic E-state index is -1.57. The number of nitrogens with two attached hydrogens (primary N) is 2. The smallest absolute Gasteiger partial charge is 0.150 e. The van der Waals surface area contributed by atoms with Crippen molar-refractivity contribution in [3.63, 3.8) is 0 Å². The number of anilines is 1. The Kier molecular flexibility index (Phi) is 8.17. The second kappa shape index (κ2) is 10.6. The molecule has 1 saturated heterocycles. The van der Waals surface area contributed by atoms with E-state index in [0.29, 0.717) is 47.2 Å². The maximum atomic E-state index is 13.6. The maximum Gasteiger partial charge on any atom is 0.150 e. The molecule has 0 aromatic heterocycles. The molecule has 1 aliphatic heterocycles. The number of allylic oxidation sites excluding steroid dienone is 3. The van der Waals surface area contributed by atoms with Crippen LogP contribution < -0.4 is 21.7 Å². The average Bonchev–Trinajstić information content (AvgIpc) is 3.05. The van der Waals surface area contributed by atoms with E-state index in [-0.39, 0.29) is 13.1 Å². The second-order valence-electron chi connectivity index (χ2n) is 6.41. The zero-order valence-electron chi connectivity index (χ0n) is 16.4. The van der Waals surface area contributed by atoms with E-state index in [9.17, 15) is 8.78 Å². The van der Waals surface area contributed by atoms with Gasteiger partial charge in [-0.15, -0.1) is 0 Å². The molecule has 9 heteroatoms. The predicted octanol–water partition coefficient (Wildman–Crippen LogP) is 2.39. The fraction of sp³-hybridized carbons (Fsp3) is 0.350. The molecule has 1 heterocycles. The normalized spacial score (nSPS) is 19.6. The largest absolute Gasteiger partial charge is 0.491 e. The fourth-order valence-electron chi connectivity index (χ4n) is 2.85. The summed E-state index contributed by atoms with van der Waals surface area (Å²) in [5.41, 5.74) is 10.3. The van der Waals surface area contributed by atoms with Gasteiger partial charge in [-0.3, -0.25) is 5.84 Å². The number of aliphatic imine (C=N–C) groups is 1. The minimum Gasteiger partial charge on any atom is -0.491 e. The molecule has 1 aromatic rings. The molecule has 1 aromatic carbocycles.